The van der Waals surface area contributed by atoms with Crippen LogP contribution in [0.1, 0.15) is 27.5 Å². The predicted octanol–water partition coefficient (Wildman–Crippen LogP) is 4.41. The fourth-order valence-electron chi connectivity index (χ4n) is 2.35. The van der Waals surface area contributed by atoms with E-state index in [4.69, 9.17) is 11.6 Å². The van der Waals surface area contributed by atoms with E-state index in [1.807, 2.05) is 42.5 Å². The molecule has 3 aromatic rings. The Morgan fingerprint density at radius 1 is 1.08 bits per heavy atom. The first-order valence-electron chi connectivity index (χ1n) is 7.22. The van der Waals surface area contributed by atoms with Crippen LogP contribution >= 0.6 is 27.5 Å². The molecule has 0 fully saturated rings. The Kier molecular flexibility index (Phi) is 5.23. The number of hydrogen-bond acceptors (Lipinski definition) is 3. The molecule has 0 aliphatic carbocycles. The molecule has 2 aromatic heterocycles. The molecule has 0 aliphatic rings. The van der Waals surface area contributed by atoms with Gasteiger partial charge in [-0.1, -0.05) is 41.9 Å². The normalized spacial score (nSPS) is 11.8. The Balaban J connectivity index is 1.95. The Morgan fingerprint density at radius 3 is 2.46 bits per heavy atom. The van der Waals surface area contributed by atoms with E-state index in [2.05, 4.69) is 31.2 Å². The highest BCUT2D eigenvalue weighted by atomic mass is 79.9. The van der Waals surface area contributed by atoms with Gasteiger partial charge in [0.1, 0.15) is 5.15 Å². The Hall–Kier alpha value is -2.24. The van der Waals surface area contributed by atoms with Gasteiger partial charge in [0.05, 0.1) is 11.6 Å². The Bertz CT molecular complexity index is 804. The number of hydrogen-bond donors (Lipinski definition) is 1. The fourth-order valence-corrected chi connectivity index (χ4v) is 2.87. The third kappa shape index (κ3) is 3.80. The van der Waals surface area contributed by atoms with E-state index in [1.165, 1.54) is 0 Å². The Labute approximate surface area is 153 Å². The van der Waals surface area contributed by atoms with Gasteiger partial charge in [0.2, 0.25) is 0 Å². The molecule has 0 bridgehead atoms. The molecule has 6 heteroatoms. The summed E-state index contributed by atoms with van der Waals surface area (Å²) in [4.78, 5) is 20.7. The highest BCUT2D eigenvalue weighted by Crippen LogP contribution is 2.24. The molecule has 1 aromatic carbocycles. The molecule has 1 amide bonds. The average molecular weight is 403 g/mol. The molecule has 1 unspecified atom stereocenters. The number of nitrogens with zero attached hydrogens (tertiary/aromatic N) is 2. The molecule has 3 rings (SSSR count). The molecule has 0 saturated carbocycles. The van der Waals surface area contributed by atoms with Gasteiger partial charge in [-0.25, -0.2) is 4.98 Å². The minimum Gasteiger partial charge on any atom is -0.341 e. The van der Waals surface area contributed by atoms with E-state index < -0.39 is 0 Å². The lowest BCUT2D eigenvalue weighted by atomic mass is 9.99. The third-order valence-corrected chi connectivity index (χ3v) is 4.23. The molecule has 24 heavy (non-hydrogen) atoms. The standard InChI is InChI=1S/C18H13BrClN3O/c19-14-10-15(17(20)22-11-14)18(24)23-16(12-4-2-1-3-5-12)13-6-8-21-9-7-13/h1-11,16H,(H,23,24). The maximum Gasteiger partial charge on any atom is 0.255 e. The third-order valence-electron chi connectivity index (χ3n) is 3.50. The zero-order chi connectivity index (χ0) is 16.9. The maximum atomic E-state index is 12.7. The molecule has 0 radical (unpaired) electrons. The molecule has 4 nitrogen and oxygen atoms in total. The summed E-state index contributed by atoms with van der Waals surface area (Å²) in [7, 11) is 0. The van der Waals surface area contributed by atoms with Gasteiger partial charge in [-0.2, -0.15) is 0 Å². The largest absolute Gasteiger partial charge is 0.341 e. The molecular weight excluding hydrogens is 390 g/mol. The van der Waals surface area contributed by atoms with Crippen molar-refractivity contribution in [1.82, 2.24) is 15.3 Å². The van der Waals surface area contributed by atoms with Gasteiger partial charge in [-0.3, -0.25) is 9.78 Å². The maximum absolute atomic E-state index is 12.7. The minimum absolute atomic E-state index is 0.164. The van der Waals surface area contributed by atoms with Crippen molar-refractivity contribution in [2.75, 3.05) is 0 Å². The molecule has 1 N–H and O–H groups in total. The number of rotatable bonds is 4. The van der Waals surface area contributed by atoms with E-state index in [1.54, 1.807) is 24.7 Å². The molecule has 0 saturated heterocycles. The summed E-state index contributed by atoms with van der Waals surface area (Å²) in [6.45, 7) is 0. The lowest BCUT2D eigenvalue weighted by Gasteiger charge is -2.20. The smallest absolute Gasteiger partial charge is 0.255 e. The first-order chi connectivity index (χ1) is 11.6. The number of carbonyl (C=O) groups is 1. The number of nitrogens with one attached hydrogen (secondary N) is 1. The zero-order valence-electron chi connectivity index (χ0n) is 12.5. The van der Waals surface area contributed by atoms with Gasteiger partial charge in [0.15, 0.2) is 0 Å². The van der Waals surface area contributed by atoms with Crippen molar-refractivity contribution in [2.24, 2.45) is 0 Å². The number of aromatic nitrogens is 2. The van der Waals surface area contributed by atoms with Crippen LogP contribution in [0.15, 0.2) is 71.6 Å². The average Bonchev–Trinajstić information content (AvgIpc) is 2.63. The summed E-state index contributed by atoms with van der Waals surface area (Å²) >= 11 is 9.38. The van der Waals surface area contributed by atoms with Gasteiger partial charge in [-0.15, -0.1) is 0 Å². The van der Waals surface area contributed by atoms with Crippen LogP contribution in [0, 0.1) is 0 Å². The summed E-state index contributed by atoms with van der Waals surface area (Å²) < 4.78 is 0.692. The summed E-state index contributed by atoms with van der Waals surface area (Å²) in [5, 5.41) is 3.19. The molecule has 2 heterocycles. The van der Waals surface area contributed by atoms with Crippen LogP contribution in [-0.4, -0.2) is 15.9 Å². The Morgan fingerprint density at radius 2 is 1.75 bits per heavy atom. The summed E-state index contributed by atoms with van der Waals surface area (Å²) in [6.07, 6.45) is 4.95. The second kappa shape index (κ2) is 7.55. The van der Waals surface area contributed by atoms with Crippen molar-refractivity contribution in [3.8, 4) is 0 Å². The van der Waals surface area contributed by atoms with Crippen molar-refractivity contribution in [3.05, 3.63) is 93.4 Å². The van der Waals surface area contributed by atoms with Crippen LogP contribution in [0.2, 0.25) is 5.15 Å². The van der Waals surface area contributed by atoms with Crippen molar-refractivity contribution < 1.29 is 4.79 Å². The monoisotopic (exact) mass is 401 g/mol. The van der Waals surface area contributed by atoms with Crippen molar-refractivity contribution in [3.63, 3.8) is 0 Å². The van der Waals surface area contributed by atoms with Gasteiger partial charge in [0.25, 0.3) is 5.91 Å². The van der Waals surface area contributed by atoms with Crippen LogP contribution in [-0.2, 0) is 0 Å². The number of pyridine rings is 2. The second-order valence-corrected chi connectivity index (χ2v) is 6.36. The molecule has 120 valence electrons. The molecular formula is C18H13BrClN3O. The first-order valence-corrected chi connectivity index (χ1v) is 8.39. The number of carbonyl (C=O) groups excluding carboxylic acids is 1. The van der Waals surface area contributed by atoms with Gasteiger partial charge in [-0.05, 0) is 45.3 Å². The van der Waals surface area contributed by atoms with E-state index in [0.29, 0.717) is 10.0 Å². The van der Waals surface area contributed by atoms with Gasteiger partial charge < -0.3 is 5.32 Å². The topological polar surface area (TPSA) is 54.9 Å². The number of benzene rings is 1. The molecule has 0 spiro atoms. The fraction of sp³-hybridized carbons (Fsp3) is 0.0556. The van der Waals surface area contributed by atoms with Gasteiger partial charge >= 0.3 is 0 Å². The van der Waals surface area contributed by atoms with E-state index in [9.17, 15) is 4.79 Å². The lowest BCUT2D eigenvalue weighted by molar-refractivity contribution is 0.0942. The highest BCUT2D eigenvalue weighted by Gasteiger charge is 2.20. The highest BCUT2D eigenvalue weighted by molar-refractivity contribution is 9.10. The van der Waals surface area contributed by atoms with Crippen LogP contribution in [0.25, 0.3) is 0 Å². The minimum atomic E-state index is -0.309. The van der Waals surface area contributed by atoms with Gasteiger partial charge in [0, 0.05) is 23.1 Å². The molecule has 1 atom stereocenters. The van der Waals surface area contributed by atoms with Crippen LogP contribution < -0.4 is 5.32 Å². The second-order valence-electron chi connectivity index (χ2n) is 5.09. The van der Waals surface area contributed by atoms with Crippen LogP contribution in [0.5, 0.6) is 0 Å². The summed E-state index contributed by atoms with van der Waals surface area (Å²) in [6, 6.07) is 14.8. The lowest BCUT2D eigenvalue weighted by Crippen LogP contribution is -2.29. The van der Waals surface area contributed by atoms with E-state index in [-0.39, 0.29) is 17.1 Å². The van der Waals surface area contributed by atoms with Crippen molar-refractivity contribution in [1.29, 1.82) is 0 Å². The predicted molar refractivity (Wildman–Crippen MR) is 96.9 cm³/mol. The van der Waals surface area contributed by atoms with Crippen molar-refractivity contribution >= 4 is 33.4 Å². The van der Waals surface area contributed by atoms with Crippen molar-refractivity contribution in [2.45, 2.75) is 6.04 Å². The quantitative estimate of drug-likeness (QED) is 0.658. The van der Waals surface area contributed by atoms with E-state index in [0.717, 1.165) is 11.1 Å². The number of halogens is 2. The zero-order valence-corrected chi connectivity index (χ0v) is 14.8. The summed E-state index contributed by atoms with van der Waals surface area (Å²) in [5.41, 5.74) is 2.22. The van der Waals surface area contributed by atoms with E-state index >= 15 is 0 Å². The number of amides is 1. The van der Waals surface area contributed by atoms with Crippen LogP contribution in [0.4, 0.5) is 0 Å². The van der Waals surface area contributed by atoms with Crippen LogP contribution in [0.3, 0.4) is 0 Å². The SMILES string of the molecule is O=C(NC(c1ccccc1)c1ccncc1)c1cc(Br)cnc1Cl. The summed E-state index contributed by atoms with van der Waals surface area (Å²) in [5.74, 6) is -0.292. The molecule has 0 aliphatic heterocycles. The first kappa shape index (κ1) is 16.6.